The predicted molar refractivity (Wildman–Crippen MR) is 99.0 cm³/mol. The van der Waals surface area contributed by atoms with Gasteiger partial charge in [-0.1, -0.05) is 0 Å². The van der Waals surface area contributed by atoms with E-state index in [9.17, 15) is 13.2 Å². The average Bonchev–Trinajstić information content (AvgIpc) is 3.39. The molecule has 1 aliphatic carbocycles. The maximum Gasteiger partial charge on any atom is 0.282 e. The van der Waals surface area contributed by atoms with Crippen LogP contribution in [0, 0.1) is 5.92 Å². The molecule has 3 aliphatic rings. The molecule has 0 spiro atoms. The first-order chi connectivity index (χ1) is 11.5. The topological polar surface area (TPSA) is 76.2 Å². The highest BCUT2D eigenvalue weighted by molar-refractivity contribution is 7.86. The Bertz CT molecular complexity index is 541. The molecular weight excluding hydrogens is 366 g/mol. The Kier molecular flexibility index (Phi) is 7.48. The van der Waals surface area contributed by atoms with Crippen molar-refractivity contribution in [3.63, 3.8) is 0 Å². The van der Waals surface area contributed by atoms with Crippen LogP contribution in [0.4, 0.5) is 0 Å². The molecule has 0 radical (unpaired) electrons. The Hall–Kier alpha value is -0.450. The third-order valence-corrected chi connectivity index (χ3v) is 7.15. The van der Waals surface area contributed by atoms with Crippen LogP contribution < -0.4 is 5.32 Å². The van der Waals surface area contributed by atoms with Crippen molar-refractivity contribution in [2.45, 2.75) is 12.8 Å². The Morgan fingerprint density at radius 2 is 1.48 bits per heavy atom. The monoisotopic (exact) mass is 395 g/mol. The number of piperazine rings is 2. The molecule has 1 amide bonds. The first-order valence-electron chi connectivity index (χ1n) is 8.89. The molecule has 2 aliphatic heterocycles. The predicted octanol–water partition coefficient (Wildman–Crippen LogP) is -0.956. The van der Waals surface area contributed by atoms with Crippen LogP contribution in [-0.4, -0.2) is 105 Å². The number of hydrogen-bond acceptors (Lipinski definition) is 5. The Morgan fingerprint density at radius 1 is 0.960 bits per heavy atom. The van der Waals surface area contributed by atoms with Gasteiger partial charge in [-0.25, -0.2) is 0 Å². The van der Waals surface area contributed by atoms with Crippen LogP contribution in [0.1, 0.15) is 12.8 Å². The molecule has 25 heavy (non-hydrogen) atoms. The van der Waals surface area contributed by atoms with Crippen LogP contribution in [0.15, 0.2) is 0 Å². The van der Waals surface area contributed by atoms with Gasteiger partial charge in [-0.05, 0) is 32.4 Å². The molecule has 2 saturated heterocycles. The number of carbonyl (C=O) groups excluding carboxylic acids is 1. The van der Waals surface area contributed by atoms with E-state index < -0.39 is 10.2 Å². The summed E-state index contributed by atoms with van der Waals surface area (Å²) in [4.78, 5) is 16.1. The maximum absolute atomic E-state index is 12.7. The Morgan fingerprint density at radius 3 is 2.00 bits per heavy atom. The van der Waals surface area contributed by atoms with E-state index in [1.165, 1.54) is 17.1 Å². The zero-order valence-electron chi connectivity index (χ0n) is 14.9. The third kappa shape index (κ3) is 5.51. The molecule has 146 valence electrons. The van der Waals surface area contributed by atoms with Crippen molar-refractivity contribution < 1.29 is 13.2 Å². The first-order valence-corrected chi connectivity index (χ1v) is 10.3. The number of halogens is 1. The molecule has 1 saturated carbocycles. The highest BCUT2D eigenvalue weighted by atomic mass is 35.5. The minimum atomic E-state index is -3.39. The summed E-state index contributed by atoms with van der Waals surface area (Å²) in [5.74, 6) is 0.829. The Labute approximate surface area is 157 Å². The highest BCUT2D eigenvalue weighted by Crippen LogP contribution is 2.27. The lowest BCUT2D eigenvalue weighted by Crippen LogP contribution is -2.57. The van der Waals surface area contributed by atoms with E-state index >= 15 is 0 Å². The number of rotatable bonds is 6. The van der Waals surface area contributed by atoms with E-state index in [1.807, 2.05) is 7.05 Å². The fraction of sp³-hybridized carbons (Fsp3) is 0.933. The smallest absolute Gasteiger partial charge is 0.282 e. The molecule has 0 aromatic rings. The van der Waals surface area contributed by atoms with Gasteiger partial charge in [0, 0.05) is 52.4 Å². The molecule has 10 heteroatoms. The largest absolute Gasteiger partial charge is 0.339 e. The minimum absolute atomic E-state index is 0. The summed E-state index contributed by atoms with van der Waals surface area (Å²) in [7, 11) is -1.39. The summed E-state index contributed by atoms with van der Waals surface area (Å²) in [5, 5.41) is 3.21. The van der Waals surface area contributed by atoms with Crippen molar-refractivity contribution in [3.8, 4) is 0 Å². The van der Waals surface area contributed by atoms with Crippen LogP contribution in [0.5, 0.6) is 0 Å². The van der Waals surface area contributed by atoms with Crippen LogP contribution in [0.3, 0.4) is 0 Å². The highest BCUT2D eigenvalue weighted by Gasteiger charge is 2.34. The molecule has 0 atom stereocenters. The summed E-state index contributed by atoms with van der Waals surface area (Å²) < 4.78 is 28.5. The normalized spacial score (nSPS) is 24.1. The number of nitrogens with zero attached hydrogens (tertiary/aromatic N) is 4. The van der Waals surface area contributed by atoms with Crippen molar-refractivity contribution in [1.82, 2.24) is 23.7 Å². The van der Waals surface area contributed by atoms with E-state index in [0.717, 1.165) is 25.6 Å². The number of likely N-dealkylation sites (N-methyl/N-ethyl adjacent to an activating group) is 1. The molecule has 3 fully saturated rings. The van der Waals surface area contributed by atoms with E-state index in [-0.39, 0.29) is 18.3 Å². The quantitative estimate of drug-likeness (QED) is 0.627. The average molecular weight is 396 g/mol. The van der Waals surface area contributed by atoms with Gasteiger partial charge in [0.25, 0.3) is 10.2 Å². The molecule has 2 heterocycles. The fourth-order valence-electron chi connectivity index (χ4n) is 3.17. The molecular formula is C15H30ClN5O3S. The lowest BCUT2D eigenvalue weighted by Gasteiger charge is -2.39. The maximum atomic E-state index is 12.7. The van der Waals surface area contributed by atoms with Crippen molar-refractivity contribution in [2.75, 3.05) is 72.5 Å². The molecule has 1 N–H and O–H groups in total. The van der Waals surface area contributed by atoms with Crippen molar-refractivity contribution in [3.05, 3.63) is 0 Å². The van der Waals surface area contributed by atoms with Gasteiger partial charge in [-0.15, -0.1) is 12.4 Å². The van der Waals surface area contributed by atoms with E-state index in [0.29, 0.717) is 45.8 Å². The fourth-order valence-corrected chi connectivity index (χ4v) is 4.74. The number of hydrogen-bond donors (Lipinski definition) is 1. The van der Waals surface area contributed by atoms with E-state index in [1.54, 1.807) is 9.21 Å². The zero-order valence-corrected chi connectivity index (χ0v) is 16.5. The van der Waals surface area contributed by atoms with Gasteiger partial charge < -0.3 is 15.1 Å². The number of carbonyl (C=O) groups is 1. The van der Waals surface area contributed by atoms with Crippen LogP contribution in [0.2, 0.25) is 0 Å². The summed E-state index contributed by atoms with van der Waals surface area (Å²) >= 11 is 0. The minimum Gasteiger partial charge on any atom is -0.339 e. The first kappa shape index (κ1) is 20.9. The third-order valence-electron chi connectivity index (χ3n) is 5.11. The van der Waals surface area contributed by atoms with Gasteiger partial charge in [-0.3, -0.25) is 4.79 Å². The Balaban J connectivity index is 0.00000225. The summed E-state index contributed by atoms with van der Waals surface area (Å²) in [5.41, 5.74) is 0. The van der Waals surface area contributed by atoms with Gasteiger partial charge in [0.15, 0.2) is 0 Å². The summed E-state index contributed by atoms with van der Waals surface area (Å²) in [6.45, 7) is 5.66. The van der Waals surface area contributed by atoms with Gasteiger partial charge in [0.05, 0.1) is 6.54 Å². The molecule has 3 rings (SSSR count). The van der Waals surface area contributed by atoms with Gasteiger partial charge in [-0.2, -0.15) is 17.0 Å². The van der Waals surface area contributed by atoms with Crippen molar-refractivity contribution in [1.29, 1.82) is 0 Å². The van der Waals surface area contributed by atoms with Crippen LogP contribution in [0.25, 0.3) is 0 Å². The van der Waals surface area contributed by atoms with E-state index in [4.69, 9.17) is 0 Å². The second kappa shape index (κ2) is 8.96. The standard InChI is InChI=1S/C15H29N5O3S.ClH/c1-17-4-8-19(9-5-17)24(22,23)20-10-6-18(7-11-20)15(21)13-16-12-14-2-3-14;/h14,16H,2-13H2,1H3;1H. The second-order valence-corrected chi connectivity index (χ2v) is 8.99. The molecule has 0 unspecified atom stereocenters. The van der Waals surface area contributed by atoms with Gasteiger partial charge >= 0.3 is 0 Å². The van der Waals surface area contributed by atoms with Crippen LogP contribution in [-0.2, 0) is 15.0 Å². The molecule has 0 bridgehead atoms. The van der Waals surface area contributed by atoms with Gasteiger partial charge in [0.2, 0.25) is 5.91 Å². The molecule has 0 aromatic heterocycles. The summed E-state index contributed by atoms with van der Waals surface area (Å²) in [6.07, 6.45) is 2.54. The lowest BCUT2D eigenvalue weighted by atomic mass is 10.3. The summed E-state index contributed by atoms with van der Waals surface area (Å²) in [6, 6.07) is 0. The molecule has 8 nitrogen and oxygen atoms in total. The van der Waals surface area contributed by atoms with Crippen molar-refractivity contribution in [2.24, 2.45) is 5.92 Å². The second-order valence-electron chi connectivity index (χ2n) is 7.06. The lowest BCUT2D eigenvalue weighted by molar-refractivity contribution is -0.131. The van der Waals surface area contributed by atoms with Crippen molar-refractivity contribution >= 4 is 28.5 Å². The SMILES string of the molecule is CN1CCN(S(=O)(=O)N2CCN(C(=O)CNCC3CC3)CC2)CC1.Cl. The number of amides is 1. The zero-order chi connectivity index (χ0) is 17.2. The van der Waals surface area contributed by atoms with Crippen LogP contribution >= 0.6 is 12.4 Å². The van der Waals surface area contributed by atoms with Gasteiger partial charge in [0.1, 0.15) is 0 Å². The van der Waals surface area contributed by atoms with E-state index in [2.05, 4.69) is 10.2 Å². The molecule has 0 aromatic carbocycles. The number of nitrogens with one attached hydrogen (secondary N) is 1.